The molecule has 82 valence electrons. The number of rotatable bonds is 4. The topological polar surface area (TPSA) is 56.0 Å². The summed E-state index contributed by atoms with van der Waals surface area (Å²) >= 11 is 3.37. The molecule has 15 heavy (non-hydrogen) atoms. The number of nitrogens with zero attached hydrogens (tertiary/aromatic N) is 2. The predicted molar refractivity (Wildman–Crippen MR) is 61.2 cm³/mol. The normalized spacial score (nSPS) is 21.1. The van der Waals surface area contributed by atoms with E-state index in [9.17, 15) is 4.79 Å². The van der Waals surface area contributed by atoms with E-state index in [0.717, 1.165) is 17.3 Å². The van der Waals surface area contributed by atoms with Gasteiger partial charge in [-0.3, -0.25) is 4.79 Å². The van der Waals surface area contributed by atoms with Crippen molar-refractivity contribution in [1.82, 2.24) is 10.1 Å². The Balaban J connectivity index is 2.03. The van der Waals surface area contributed by atoms with Crippen molar-refractivity contribution in [1.29, 1.82) is 0 Å². The first-order valence-electron chi connectivity index (χ1n) is 4.82. The van der Waals surface area contributed by atoms with Crippen molar-refractivity contribution >= 4 is 29.3 Å². The van der Waals surface area contributed by atoms with Crippen molar-refractivity contribution < 1.29 is 9.32 Å². The van der Waals surface area contributed by atoms with Gasteiger partial charge in [-0.2, -0.15) is 28.5 Å². The average molecular weight is 244 g/mol. The maximum Gasteiger partial charge on any atom is 0.238 e. The standard InChI is InChI=1S/C9H12N2O2S2/c1-2-14-5-8-10-9(13-11-8)6-3-15-4-7(6)12/h6H,2-5H2,1H3. The van der Waals surface area contributed by atoms with Gasteiger partial charge in [-0.15, -0.1) is 0 Å². The second-order valence-electron chi connectivity index (χ2n) is 3.22. The number of ketones is 1. The average Bonchev–Trinajstić information content (AvgIpc) is 2.83. The van der Waals surface area contributed by atoms with Crippen LogP contribution < -0.4 is 0 Å². The molecule has 1 aromatic rings. The molecule has 1 aliphatic rings. The summed E-state index contributed by atoms with van der Waals surface area (Å²) in [6.07, 6.45) is 0. The quantitative estimate of drug-likeness (QED) is 0.804. The molecule has 1 unspecified atom stereocenters. The summed E-state index contributed by atoms with van der Waals surface area (Å²) < 4.78 is 5.11. The summed E-state index contributed by atoms with van der Waals surface area (Å²) in [5.74, 6) is 4.38. The van der Waals surface area contributed by atoms with E-state index in [1.807, 2.05) is 0 Å². The highest BCUT2D eigenvalue weighted by molar-refractivity contribution is 8.00. The van der Waals surface area contributed by atoms with Gasteiger partial charge in [-0.25, -0.2) is 0 Å². The van der Waals surface area contributed by atoms with E-state index >= 15 is 0 Å². The van der Waals surface area contributed by atoms with Gasteiger partial charge < -0.3 is 4.52 Å². The first-order valence-corrected chi connectivity index (χ1v) is 7.13. The smallest absolute Gasteiger partial charge is 0.238 e. The zero-order valence-electron chi connectivity index (χ0n) is 8.43. The van der Waals surface area contributed by atoms with Crippen LogP contribution in [0, 0.1) is 0 Å². The summed E-state index contributed by atoms with van der Waals surface area (Å²) in [5.41, 5.74) is 0. The van der Waals surface area contributed by atoms with Crippen molar-refractivity contribution in [3.63, 3.8) is 0 Å². The van der Waals surface area contributed by atoms with Crippen LogP contribution in [0.5, 0.6) is 0 Å². The van der Waals surface area contributed by atoms with Gasteiger partial charge in [0.15, 0.2) is 11.6 Å². The Kier molecular flexibility index (Phi) is 3.69. The van der Waals surface area contributed by atoms with Gasteiger partial charge in [0.05, 0.1) is 11.5 Å². The van der Waals surface area contributed by atoms with Crippen LogP contribution in [0.2, 0.25) is 0 Å². The van der Waals surface area contributed by atoms with E-state index < -0.39 is 0 Å². The minimum atomic E-state index is -0.164. The zero-order chi connectivity index (χ0) is 10.7. The third-order valence-corrected chi connectivity index (χ3v) is 4.06. The summed E-state index contributed by atoms with van der Waals surface area (Å²) in [5, 5.41) is 3.86. The van der Waals surface area contributed by atoms with E-state index in [0.29, 0.717) is 17.5 Å². The molecule has 0 aliphatic carbocycles. The van der Waals surface area contributed by atoms with Gasteiger partial charge in [0.2, 0.25) is 5.89 Å². The Hall–Kier alpha value is -0.490. The Bertz CT molecular complexity index is 354. The minimum absolute atomic E-state index is 0.164. The molecule has 0 saturated carbocycles. The van der Waals surface area contributed by atoms with E-state index in [1.165, 1.54) is 0 Å². The van der Waals surface area contributed by atoms with Crippen LogP contribution in [0.3, 0.4) is 0 Å². The fraction of sp³-hybridized carbons (Fsp3) is 0.667. The highest BCUT2D eigenvalue weighted by Crippen LogP contribution is 2.28. The number of carbonyl (C=O) groups excluding carboxylic acids is 1. The lowest BCUT2D eigenvalue weighted by Gasteiger charge is -1.97. The van der Waals surface area contributed by atoms with Gasteiger partial charge in [-0.1, -0.05) is 12.1 Å². The first kappa shape index (κ1) is 11.0. The second kappa shape index (κ2) is 5.03. The third kappa shape index (κ3) is 2.55. The molecule has 1 aliphatic heterocycles. The number of carbonyl (C=O) groups is 1. The molecular weight excluding hydrogens is 232 g/mol. The highest BCUT2D eigenvalue weighted by atomic mass is 32.2. The molecule has 2 rings (SSSR count). The van der Waals surface area contributed by atoms with Crippen LogP contribution in [-0.2, 0) is 10.5 Å². The van der Waals surface area contributed by atoms with E-state index in [-0.39, 0.29) is 11.7 Å². The van der Waals surface area contributed by atoms with Crippen LogP contribution in [-0.4, -0.2) is 33.2 Å². The van der Waals surface area contributed by atoms with Crippen molar-refractivity contribution in [2.75, 3.05) is 17.3 Å². The fourth-order valence-corrected chi connectivity index (χ4v) is 2.93. The second-order valence-corrected chi connectivity index (χ2v) is 5.52. The summed E-state index contributed by atoms with van der Waals surface area (Å²) in [6.45, 7) is 2.09. The largest absolute Gasteiger partial charge is 0.338 e. The molecule has 0 radical (unpaired) electrons. The highest BCUT2D eigenvalue weighted by Gasteiger charge is 2.31. The van der Waals surface area contributed by atoms with Crippen molar-refractivity contribution in [2.45, 2.75) is 18.6 Å². The molecule has 0 bridgehead atoms. The van der Waals surface area contributed by atoms with Gasteiger partial charge in [0.25, 0.3) is 0 Å². The first-order chi connectivity index (χ1) is 7.31. The van der Waals surface area contributed by atoms with E-state index in [4.69, 9.17) is 4.52 Å². The fourth-order valence-electron chi connectivity index (χ4n) is 1.34. The number of aromatic nitrogens is 2. The van der Waals surface area contributed by atoms with Crippen molar-refractivity contribution in [3.05, 3.63) is 11.7 Å². The maximum atomic E-state index is 11.4. The molecule has 1 aromatic heterocycles. The van der Waals surface area contributed by atoms with Gasteiger partial charge in [0.1, 0.15) is 5.92 Å². The van der Waals surface area contributed by atoms with Crippen molar-refractivity contribution in [3.8, 4) is 0 Å². The molecule has 0 spiro atoms. The summed E-state index contributed by atoms with van der Waals surface area (Å²) in [7, 11) is 0. The molecule has 4 nitrogen and oxygen atoms in total. The van der Waals surface area contributed by atoms with Crippen LogP contribution >= 0.6 is 23.5 Å². The summed E-state index contributed by atoms with van der Waals surface area (Å²) in [6, 6.07) is 0. The monoisotopic (exact) mass is 244 g/mol. The Morgan fingerprint density at radius 3 is 3.20 bits per heavy atom. The SMILES string of the molecule is CCSCc1noc(C2CSCC2=O)n1. The molecule has 1 saturated heterocycles. The molecular formula is C9H12N2O2S2. The molecule has 1 fully saturated rings. The lowest BCUT2D eigenvalue weighted by molar-refractivity contribution is -0.117. The zero-order valence-corrected chi connectivity index (χ0v) is 10.1. The molecule has 1 atom stereocenters. The number of Topliss-reactive ketones (excluding diaryl/α,β-unsaturated/α-hetero) is 1. The van der Waals surface area contributed by atoms with Crippen LogP contribution in [0.25, 0.3) is 0 Å². The number of thioether (sulfide) groups is 2. The predicted octanol–water partition coefficient (Wildman–Crippen LogP) is 1.72. The molecule has 6 heteroatoms. The maximum absolute atomic E-state index is 11.4. The molecule has 0 aromatic carbocycles. The number of hydrogen-bond donors (Lipinski definition) is 0. The van der Waals surface area contributed by atoms with Crippen LogP contribution in [0.4, 0.5) is 0 Å². The Morgan fingerprint density at radius 1 is 1.67 bits per heavy atom. The van der Waals surface area contributed by atoms with Gasteiger partial charge in [-0.05, 0) is 5.75 Å². The molecule has 0 N–H and O–H groups in total. The Morgan fingerprint density at radius 2 is 2.53 bits per heavy atom. The van der Waals surface area contributed by atoms with Crippen LogP contribution in [0.1, 0.15) is 24.6 Å². The molecule has 0 amide bonds. The van der Waals surface area contributed by atoms with Gasteiger partial charge in [0, 0.05) is 5.75 Å². The van der Waals surface area contributed by atoms with Gasteiger partial charge >= 0.3 is 0 Å². The Labute approximate surface area is 96.6 Å². The van der Waals surface area contributed by atoms with Crippen molar-refractivity contribution in [2.24, 2.45) is 0 Å². The lowest BCUT2D eigenvalue weighted by atomic mass is 10.1. The van der Waals surface area contributed by atoms with E-state index in [1.54, 1.807) is 23.5 Å². The van der Waals surface area contributed by atoms with E-state index in [2.05, 4.69) is 17.1 Å². The van der Waals surface area contributed by atoms with Crippen LogP contribution in [0.15, 0.2) is 4.52 Å². The lowest BCUT2D eigenvalue weighted by Crippen LogP contribution is -2.09. The molecule has 2 heterocycles. The number of hydrogen-bond acceptors (Lipinski definition) is 6. The summed E-state index contributed by atoms with van der Waals surface area (Å²) in [4.78, 5) is 15.7. The third-order valence-electron chi connectivity index (χ3n) is 2.13. The minimum Gasteiger partial charge on any atom is -0.338 e.